The van der Waals surface area contributed by atoms with Crippen molar-refractivity contribution in [3.63, 3.8) is 0 Å². The molecule has 0 aliphatic carbocycles. The molecule has 13 heavy (non-hydrogen) atoms. The first-order valence-corrected chi connectivity index (χ1v) is 4.74. The predicted molar refractivity (Wildman–Crippen MR) is 54.3 cm³/mol. The number of hydrogen-bond acceptors (Lipinski definition) is 2. The van der Waals surface area contributed by atoms with Gasteiger partial charge in [-0.25, -0.2) is 0 Å². The van der Waals surface area contributed by atoms with E-state index in [1.165, 1.54) is 0 Å². The normalized spacial score (nSPS) is 10.2. The molecular weight excluding hydrogens is 227 g/mol. The molecule has 2 aromatic rings. The van der Waals surface area contributed by atoms with Gasteiger partial charge in [0.1, 0.15) is 0 Å². The molecule has 0 saturated heterocycles. The summed E-state index contributed by atoms with van der Waals surface area (Å²) >= 11 is 2.70. The number of benzene rings is 1. The molecule has 0 bridgehead atoms. The third kappa shape index (κ3) is 1.48. The number of aromatic nitrogens is 1. The van der Waals surface area contributed by atoms with Gasteiger partial charge in [-0.05, 0) is 0 Å². The average Bonchev–Trinajstić information content (AvgIpc) is 2.17. The van der Waals surface area contributed by atoms with Gasteiger partial charge in [0.25, 0.3) is 0 Å². The molecule has 2 rings (SSSR count). The summed E-state index contributed by atoms with van der Waals surface area (Å²) in [5.74, 6) is 0. The van der Waals surface area contributed by atoms with E-state index in [-0.39, 0.29) is 0 Å². The van der Waals surface area contributed by atoms with E-state index in [4.69, 9.17) is 5.41 Å². The fourth-order valence-corrected chi connectivity index (χ4v) is 1.67. The van der Waals surface area contributed by atoms with Crippen LogP contribution in [0.1, 0.15) is 5.56 Å². The number of fused-ring (bicyclic) bond motifs is 1. The molecule has 0 saturated carbocycles. The van der Waals surface area contributed by atoms with E-state index in [1.807, 2.05) is 30.3 Å². The minimum atomic E-state index is 0.457. The molecule has 0 aliphatic rings. The van der Waals surface area contributed by atoms with E-state index < -0.39 is 0 Å². The molecule has 2 nitrogen and oxygen atoms in total. The summed E-state index contributed by atoms with van der Waals surface area (Å²) in [5, 5.41) is 8.56. The number of nitrogens with zero attached hydrogens (tertiary/aromatic N) is 1. The van der Waals surface area contributed by atoms with Crippen molar-refractivity contribution in [2.45, 2.75) is 0 Å². The van der Waals surface area contributed by atoms with Crippen LogP contribution in [0.4, 0.5) is 0 Å². The van der Waals surface area contributed by atoms with E-state index in [1.54, 1.807) is 6.20 Å². The van der Waals surface area contributed by atoms with Gasteiger partial charge in [0.05, 0.1) is 0 Å². The molecule has 0 aliphatic heterocycles. The Morgan fingerprint density at radius 1 is 1.23 bits per heavy atom. The Kier molecular flexibility index (Phi) is 2.13. The van der Waals surface area contributed by atoms with Gasteiger partial charge in [0.15, 0.2) is 0 Å². The molecule has 1 heterocycles. The van der Waals surface area contributed by atoms with Gasteiger partial charge in [-0.2, -0.15) is 0 Å². The van der Waals surface area contributed by atoms with Crippen LogP contribution in [-0.4, -0.2) is 25.6 Å². The van der Waals surface area contributed by atoms with E-state index in [2.05, 4.69) is 21.0 Å². The summed E-state index contributed by atoms with van der Waals surface area (Å²) in [4.78, 5) is 4.21. The second kappa shape index (κ2) is 3.29. The van der Waals surface area contributed by atoms with Crippen molar-refractivity contribution >= 4 is 31.5 Å². The molecule has 0 atom stereocenters. The fourth-order valence-electron chi connectivity index (χ4n) is 1.30. The summed E-state index contributed by atoms with van der Waals surface area (Å²) in [5.41, 5.74) is 1.84. The standard InChI is InChI=1S/C10H7N2Se/c11-10(13)8-3-1-5-9-7(8)4-2-6-12-9/h1-6,11H. The summed E-state index contributed by atoms with van der Waals surface area (Å²) < 4.78 is 0.457. The Bertz CT molecular complexity index is 460. The molecule has 0 amide bonds. The fraction of sp³-hybridized carbons (Fsp3) is 0. The summed E-state index contributed by atoms with van der Waals surface area (Å²) in [7, 11) is 0. The van der Waals surface area contributed by atoms with E-state index in [0.717, 1.165) is 16.5 Å². The number of rotatable bonds is 1. The van der Waals surface area contributed by atoms with Crippen LogP contribution < -0.4 is 0 Å². The Hall–Kier alpha value is -1.18. The van der Waals surface area contributed by atoms with Crippen molar-refractivity contribution in [1.82, 2.24) is 4.98 Å². The van der Waals surface area contributed by atoms with Crippen LogP contribution in [0.5, 0.6) is 0 Å². The van der Waals surface area contributed by atoms with E-state index in [9.17, 15) is 0 Å². The summed E-state index contributed by atoms with van der Waals surface area (Å²) in [6.07, 6.45) is 1.76. The third-order valence-electron chi connectivity index (χ3n) is 1.89. The number of pyridine rings is 1. The van der Waals surface area contributed by atoms with E-state index in [0.29, 0.717) is 4.61 Å². The minimum absolute atomic E-state index is 0.457. The van der Waals surface area contributed by atoms with Crippen LogP contribution in [0.25, 0.3) is 10.9 Å². The van der Waals surface area contributed by atoms with Crippen LogP contribution in [0.2, 0.25) is 0 Å². The summed E-state index contributed by atoms with van der Waals surface area (Å²) in [6.45, 7) is 0. The van der Waals surface area contributed by atoms with Crippen LogP contribution in [0.3, 0.4) is 0 Å². The monoisotopic (exact) mass is 235 g/mol. The van der Waals surface area contributed by atoms with Crippen molar-refractivity contribution in [2.75, 3.05) is 0 Å². The molecule has 1 aromatic heterocycles. The van der Waals surface area contributed by atoms with Gasteiger partial charge in [0.2, 0.25) is 0 Å². The van der Waals surface area contributed by atoms with Crippen LogP contribution >= 0.6 is 0 Å². The van der Waals surface area contributed by atoms with Crippen molar-refractivity contribution < 1.29 is 0 Å². The first-order valence-electron chi connectivity index (χ1n) is 3.89. The van der Waals surface area contributed by atoms with Crippen molar-refractivity contribution in [3.8, 4) is 0 Å². The van der Waals surface area contributed by atoms with Crippen LogP contribution in [-0.2, 0) is 0 Å². The van der Waals surface area contributed by atoms with E-state index >= 15 is 0 Å². The first kappa shape index (κ1) is 8.42. The van der Waals surface area contributed by atoms with Crippen LogP contribution in [0, 0.1) is 5.41 Å². The molecule has 1 radical (unpaired) electrons. The van der Waals surface area contributed by atoms with Gasteiger partial charge in [0, 0.05) is 0 Å². The average molecular weight is 234 g/mol. The predicted octanol–water partition coefficient (Wildman–Crippen LogP) is 1.73. The zero-order valence-electron chi connectivity index (χ0n) is 6.82. The third-order valence-corrected chi connectivity index (χ3v) is 2.35. The van der Waals surface area contributed by atoms with Gasteiger partial charge in [-0.1, -0.05) is 0 Å². The Morgan fingerprint density at radius 3 is 2.85 bits per heavy atom. The zero-order valence-corrected chi connectivity index (χ0v) is 8.53. The first-order chi connectivity index (χ1) is 6.29. The van der Waals surface area contributed by atoms with Crippen LogP contribution in [0.15, 0.2) is 36.5 Å². The van der Waals surface area contributed by atoms with Crippen molar-refractivity contribution in [3.05, 3.63) is 42.1 Å². The number of hydrogen-bond donors (Lipinski definition) is 1. The molecule has 0 unspecified atom stereocenters. The quantitative estimate of drug-likeness (QED) is 0.592. The maximum absolute atomic E-state index is 7.53. The Balaban J connectivity index is 2.83. The molecule has 3 heteroatoms. The van der Waals surface area contributed by atoms with Crippen molar-refractivity contribution in [2.24, 2.45) is 0 Å². The second-order valence-corrected chi connectivity index (χ2v) is 3.56. The zero-order chi connectivity index (χ0) is 9.26. The topological polar surface area (TPSA) is 36.7 Å². The van der Waals surface area contributed by atoms with Gasteiger partial charge < -0.3 is 0 Å². The second-order valence-electron chi connectivity index (χ2n) is 2.70. The van der Waals surface area contributed by atoms with Crippen molar-refractivity contribution in [1.29, 1.82) is 5.41 Å². The maximum atomic E-state index is 7.53. The molecule has 1 aromatic carbocycles. The van der Waals surface area contributed by atoms with Gasteiger partial charge in [-0.3, -0.25) is 0 Å². The Morgan fingerprint density at radius 2 is 2.08 bits per heavy atom. The SMILES string of the molecule is N=C([Se])c1cccc2ncccc12. The Labute approximate surface area is 84.3 Å². The molecule has 0 spiro atoms. The number of nitrogens with one attached hydrogen (secondary N) is 1. The van der Waals surface area contributed by atoms with Gasteiger partial charge >= 0.3 is 84.0 Å². The van der Waals surface area contributed by atoms with Gasteiger partial charge in [-0.15, -0.1) is 0 Å². The molecule has 63 valence electrons. The molecule has 0 fully saturated rings. The molecular formula is C10H7N2Se. The molecule has 1 N–H and O–H groups in total. The summed E-state index contributed by atoms with van der Waals surface area (Å²) in [6, 6.07) is 9.64.